The maximum Gasteiger partial charge on any atom is 0.344 e. The Balaban J connectivity index is 1.83. The minimum absolute atomic E-state index is 0.222. The predicted molar refractivity (Wildman–Crippen MR) is 82.4 cm³/mol. The average Bonchev–Trinajstić information content (AvgIpc) is 2.82. The van der Waals surface area contributed by atoms with Crippen molar-refractivity contribution in [3.63, 3.8) is 0 Å². The molecular formula is C18H13NO4. The molecule has 114 valence electrons. The van der Waals surface area contributed by atoms with E-state index in [1.807, 2.05) is 6.07 Å². The number of rotatable bonds is 4. The molecule has 1 aliphatic rings. The minimum atomic E-state index is -0.763. The first-order valence-corrected chi connectivity index (χ1v) is 7.00. The topological polar surface area (TPSA) is 63.7 Å². The largest absolute Gasteiger partial charge is 0.344 e. The van der Waals surface area contributed by atoms with Crippen LogP contribution in [0.25, 0.3) is 0 Å². The number of hydroxylamine groups is 2. The van der Waals surface area contributed by atoms with E-state index in [1.54, 1.807) is 36.4 Å². The Kier molecular flexibility index (Phi) is 3.76. The molecule has 0 aliphatic carbocycles. The molecular weight excluding hydrogens is 294 g/mol. The Morgan fingerprint density at radius 3 is 2.00 bits per heavy atom. The van der Waals surface area contributed by atoms with Gasteiger partial charge in [0, 0.05) is 0 Å². The molecule has 0 radical (unpaired) electrons. The third kappa shape index (κ3) is 2.53. The lowest BCUT2D eigenvalue weighted by atomic mass is 10.00. The van der Waals surface area contributed by atoms with Crippen LogP contribution < -0.4 is 0 Å². The van der Waals surface area contributed by atoms with Crippen LogP contribution in [-0.2, 0) is 9.63 Å². The zero-order chi connectivity index (χ0) is 16.4. The van der Waals surface area contributed by atoms with Gasteiger partial charge in [-0.15, -0.1) is 6.58 Å². The van der Waals surface area contributed by atoms with E-state index in [-0.39, 0.29) is 11.1 Å². The highest BCUT2D eigenvalue weighted by Gasteiger charge is 2.39. The molecule has 0 fully saturated rings. The first-order valence-electron chi connectivity index (χ1n) is 7.00. The standard InChI is InChI=1S/C18H13NO4/c1-2-13(12-8-4-3-5-9-12)18(22)23-19-16(20)14-10-6-7-11-15(14)17(19)21/h2-11,13H,1H2. The third-order valence-electron chi connectivity index (χ3n) is 3.59. The van der Waals surface area contributed by atoms with E-state index in [9.17, 15) is 14.4 Å². The summed E-state index contributed by atoms with van der Waals surface area (Å²) in [6.07, 6.45) is 1.41. The second kappa shape index (κ2) is 5.88. The fraction of sp³-hybridized carbons (Fsp3) is 0.0556. The maximum atomic E-state index is 12.3. The van der Waals surface area contributed by atoms with E-state index < -0.39 is 23.7 Å². The van der Waals surface area contributed by atoms with Crippen LogP contribution in [0.15, 0.2) is 67.3 Å². The second-order valence-electron chi connectivity index (χ2n) is 4.98. The van der Waals surface area contributed by atoms with Gasteiger partial charge in [-0.3, -0.25) is 9.59 Å². The van der Waals surface area contributed by atoms with Crippen molar-refractivity contribution in [3.8, 4) is 0 Å². The lowest BCUT2D eigenvalue weighted by molar-refractivity contribution is -0.169. The van der Waals surface area contributed by atoms with Crippen molar-refractivity contribution in [2.24, 2.45) is 0 Å². The van der Waals surface area contributed by atoms with Crippen molar-refractivity contribution >= 4 is 17.8 Å². The van der Waals surface area contributed by atoms with Crippen LogP contribution in [0.1, 0.15) is 32.2 Å². The quantitative estimate of drug-likeness (QED) is 0.643. The van der Waals surface area contributed by atoms with Crippen molar-refractivity contribution in [1.82, 2.24) is 5.06 Å². The molecule has 1 unspecified atom stereocenters. The predicted octanol–water partition coefficient (Wildman–Crippen LogP) is 2.71. The number of amides is 2. The van der Waals surface area contributed by atoms with Gasteiger partial charge in [-0.05, 0) is 17.7 Å². The zero-order valence-corrected chi connectivity index (χ0v) is 12.1. The molecule has 0 saturated heterocycles. The molecule has 0 bridgehead atoms. The van der Waals surface area contributed by atoms with Crippen LogP contribution in [0.3, 0.4) is 0 Å². The lowest BCUT2D eigenvalue weighted by Crippen LogP contribution is -2.34. The molecule has 2 aromatic carbocycles. The van der Waals surface area contributed by atoms with E-state index in [4.69, 9.17) is 4.84 Å². The molecule has 1 heterocycles. The third-order valence-corrected chi connectivity index (χ3v) is 3.59. The fourth-order valence-electron chi connectivity index (χ4n) is 2.43. The number of benzene rings is 2. The van der Waals surface area contributed by atoms with Gasteiger partial charge in [0.1, 0.15) is 5.92 Å². The number of imide groups is 1. The van der Waals surface area contributed by atoms with Gasteiger partial charge in [-0.2, -0.15) is 0 Å². The van der Waals surface area contributed by atoms with Gasteiger partial charge in [0.05, 0.1) is 11.1 Å². The van der Waals surface area contributed by atoms with Crippen LogP contribution in [0, 0.1) is 0 Å². The Bertz CT molecular complexity index is 763. The molecule has 3 rings (SSSR count). The molecule has 0 N–H and O–H groups in total. The van der Waals surface area contributed by atoms with Gasteiger partial charge in [-0.1, -0.05) is 53.6 Å². The van der Waals surface area contributed by atoms with Gasteiger partial charge in [0.25, 0.3) is 11.8 Å². The first-order chi connectivity index (χ1) is 11.1. The molecule has 1 aliphatic heterocycles. The van der Waals surface area contributed by atoms with E-state index in [0.29, 0.717) is 10.6 Å². The normalized spacial score (nSPS) is 14.3. The summed E-state index contributed by atoms with van der Waals surface area (Å²) in [6.45, 7) is 3.62. The Hall–Kier alpha value is -3.21. The number of nitrogens with zero attached hydrogens (tertiary/aromatic N) is 1. The number of carbonyl (C=O) groups excluding carboxylic acids is 3. The second-order valence-corrected chi connectivity index (χ2v) is 4.98. The van der Waals surface area contributed by atoms with E-state index >= 15 is 0 Å². The fourth-order valence-corrected chi connectivity index (χ4v) is 2.43. The van der Waals surface area contributed by atoms with E-state index in [2.05, 4.69) is 6.58 Å². The van der Waals surface area contributed by atoms with Crippen molar-refractivity contribution in [2.45, 2.75) is 5.92 Å². The number of hydrogen-bond donors (Lipinski definition) is 0. The summed E-state index contributed by atoms with van der Waals surface area (Å²) in [5, 5.41) is 0.506. The van der Waals surface area contributed by atoms with E-state index in [1.165, 1.54) is 18.2 Å². The summed E-state index contributed by atoms with van der Waals surface area (Å²) in [7, 11) is 0. The first kappa shape index (κ1) is 14.7. The van der Waals surface area contributed by atoms with Gasteiger partial charge in [0.15, 0.2) is 0 Å². The number of fused-ring (bicyclic) bond motifs is 1. The summed E-state index contributed by atoms with van der Waals surface area (Å²) in [5.41, 5.74) is 1.12. The average molecular weight is 307 g/mol. The summed E-state index contributed by atoms with van der Waals surface area (Å²) in [4.78, 5) is 41.8. The van der Waals surface area contributed by atoms with E-state index in [0.717, 1.165) is 0 Å². The summed E-state index contributed by atoms with van der Waals surface area (Å²) in [5.74, 6) is -2.79. The molecule has 5 nitrogen and oxygen atoms in total. The summed E-state index contributed by atoms with van der Waals surface area (Å²) >= 11 is 0. The number of carbonyl (C=O) groups is 3. The summed E-state index contributed by atoms with van der Waals surface area (Å²) in [6, 6.07) is 15.2. The van der Waals surface area contributed by atoms with Crippen LogP contribution in [0.5, 0.6) is 0 Å². The van der Waals surface area contributed by atoms with Crippen LogP contribution in [-0.4, -0.2) is 22.8 Å². The molecule has 0 spiro atoms. The van der Waals surface area contributed by atoms with Crippen molar-refractivity contribution < 1.29 is 19.2 Å². The molecule has 5 heteroatoms. The molecule has 1 atom stereocenters. The van der Waals surface area contributed by atoms with Crippen LogP contribution in [0.4, 0.5) is 0 Å². The zero-order valence-electron chi connectivity index (χ0n) is 12.1. The maximum absolute atomic E-state index is 12.3. The number of hydrogen-bond acceptors (Lipinski definition) is 4. The highest BCUT2D eigenvalue weighted by atomic mass is 16.7. The van der Waals surface area contributed by atoms with Gasteiger partial charge in [-0.25, -0.2) is 4.79 Å². The summed E-state index contributed by atoms with van der Waals surface area (Å²) < 4.78 is 0. The molecule has 23 heavy (non-hydrogen) atoms. The highest BCUT2D eigenvalue weighted by Crippen LogP contribution is 2.25. The monoisotopic (exact) mass is 307 g/mol. The van der Waals surface area contributed by atoms with Gasteiger partial charge >= 0.3 is 5.97 Å². The Labute approximate surface area is 132 Å². The van der Waals surface area contributed by atoms with Crippen LogP contribution in [0.2, 0.25) is 0 Å². The Morgan fingerprint density at radius 1 is 0.957 bits per heavy atom. The SMILES string of the molecule is C=CC(C(=O)ON1C(=O)c2ccccc2C1=O)c1ccccc1. The molecule has 2 amide bonds. The Morgan fingerprint density at radius 2 is 1.48 bits per heavy atom. The lowest BCUT2D eigenvalue weighted by Gasteiger charge is -2.17. The smallest absolute Gasteiger partial charge is 0.329 e. The van der Waals surface area contributed by atoms with Gasteiger partial charge in [0.2, 0.25) is 0 Å². The molecule has 2 aromatic rings. The van der Waals surface area contributed by atoms with Crippen molar-refractivity contribution in [2.75, 3.05) is 0 Å². The van der Waals surface area contributed by atoms with Crippen molar-refractivity contribution in [3.05, 3.63) is 83.9 Å². The molecule has 0 saturated carbocycles. The van der Waals surface area contributed by atoms with Crippen molar-refractivity contribution in [1.29, 1.82) is 0 Å². The molecule has 0 aromatic heterocycles. The minimum Gasteiger partial charge on any atom is -0.329 e. The van der Waals surface area contributed by atoms with Gasteiger partial charge < -0.3 is 4.84 Å². The van der Waals surface area contributed by atoms with Crippen LogP contribution >= 0.6 is 0 Å². The highest BCUT2D eigenvalue weighted by molar-refractivity contribution is 6.20.